The third kappa shape index (κ3) is 5.22. The summed E-state index contributed by atoms with van der Waals surface area (Å²) in [5, 5.41) is 0.756. The molecule has 0 aliphatic carbocycles. The van der Waals surface area contributed by atoms with Crippen molar-refractivity contribution < 1.29 is 9.53 Å². The van der Waals surface area contributed by atoms with E-state index in [0.717, 1.165) is 16.1 Å². The molecule has 1 rings (SSSR count). The molecule has 1 aromatic carbocycles. The van der Waals surface area contributed by atoms with Crippen molar-refractivity contribution >= 4 is 17.6 Å². The van der Waals surface area contributed by atoms with E-state index in [1.807, 2.05) is 45.9 Å². The Kier molecular flexibility index (Phi) is 4.58. The lowest BCUT2D eigenvalue weighted by molar-refractivity contribution is -0.154. The van der Waals surface area contributed by atoms with Crippen molar-refractivity contribution in [3.05, 3.63) is 34.3 Å². The van der Waals surface area contributed by atoms with E-state index >= 15 is 0 Å². The number of hydrogen-bond acceptors (Lipinski definition) is 2. The van der Waals surface area contributed by atoms with Gasteiger partial charge >= 0.3 is 5.97 Å². The van der Waals surface area contributed by atoms with Crippen LogP contribution in [0, 0.1) is 6.92 Å². The molecule has 94 valence electrons. The van der Waals surface area contributed by atoms with Crippen molar-refractivity contribution in [2.45, 2.75) is 46.1 Å². The summed E-state index contributed by atoms with van der Waals surface area (Å²) >= 11 is 5.94. The van der Waals surface area contributed by atoms with Crippen LogP contribution in [0.3, 0.4) is 0 Å². The molecule has 0 radical (unpaired) electrons. The number of aryl methyl sites for hydroxylation is 2. The van der Waals surface area contributed by atoms with E-state index in [0.29, 0.717) is 12.8 Å². The van der Waals surface area contributed by atoms with Gasteiger partial charge in [0.1, 0.15) is 5.60 Å². The lowest BCUT2D eigenvalue weighted by Gasteiger charge is -2.19. The number of carbonyl (C=O) groups excluding carboxylic acids is 1. The zero-order chi connectivity index (χ0) is 13.1. The molecular weight excluding hydrogens is 236 g/mol. The zero-order valence-corrected chi connectivity index (χ0v) is 11.6. The molecule has 0 saturated heterocycles. The Labute approximate surface area is 108 Å². The van der Waals surface area contributed by atoms with Crippen molar-refractivity contribution in [3.63, 3.8) is 0 Å². The Morgan fingerprint density at radius 3 is 2.53 bits per heavy atom. The fourth-order valence-electron chi connectivity index (χ4n) is 1.50. The summed E-state index contributed by atoms with van der Waals surface area (Å²) in [7, 11) is 0. The Bertz CT molecular complexity index is 405. The van der Waals surface area contributed by atoms with Crippen LogP contribution in [0.25, 0.3) is 0 Å². The maximum atomic E-state index is 11.5. The Morgan fingerprint density at radius 1 is 1.35 bits per heavy atom. The molecule has 0 aliphatic heterocycles. The van der Waals surface area contributed by atoms with Gasteiger partial charge in [-0.2, -0.15) is 0 Å². The molecule has 3 heteroatoms. The van der Waals surface area contributed by atoms with Crippen LogP contribution in [0.4, 0.5) is 0 Å². The van der Waals surface area contributed by atoms with E-state index in [1.54, 1.807) is 0 Å². The highest BCUT2D eigenvalue weighted by atomic mass is 35.5. The van der Waals surface area contributed by atoms with Crippen LogP contribution in [0.2, 0.25) is 5.02 Å². The van der Waals surface area contributed by atoms with Crippen LogP contribution >= 0.6 is 11.6 Å². The van der Waals surface area contributed by atoms with Gasteiger partial charge in [-0.25, -0.2) is 0 Å². The molecule has 0 N–H and O–H groups in total. The summed E-state index contributed by atoms with van der Waals surface area (Å²) in [6, 6.07) is 5.81. The van der Waals surface area contributed by atoms with Crippen LogP contribution < -0.4 is 0 Å². The van der Waals surface area contributed by atoms with Gasteiger partial charge in [-0.1, -0.05) is 23.7 Å². The van der Waals surface area contributed by atoms with Gasteiger partial charge in [0.05, 0.1) is 0 Å². The molecule has 0 amide bonds. The average molecular weight is 255 g/mol. The Balaban J connectivity index is 2.50. The molecular formula is C14H19ClO2. The molecule has 2 nitrogen and oxygen atoms in total. The molecule has 0 bridgehead atoms. The normalized spacial score (nSPS) is 11.4. The number of halogens is 1. The monoisotopic (exact) mass is 254 g/mol. The summed E-state index contributed by atoms with van der Waals surface area (Å²) in [5.74, 6) is -0.162. The summed E-state index contributed by atoms with van der Waals surface area (Å²) < 4.78 is 5.25. The second-order valence-electron chi connectivity index (χ2n) is 5.17. The molecule has 0 unspecified atom stereocenters. The van der Waals surface area contributed by atoms with E-state index in [2.05, 4.69) is 0 Å². The largest absolute Gasteiger partial charge is 0.460 e. The first-order chi connectivity index (χ1) is 7.78. The van der Waals surface area contributed by atoms with E-state index in [4.69, 9.17) is 16.3 Å². The highest BCUT2D eigenvalue weighted by molar-refractivity contribution is 6.31. The maximum absolute atomic E-state index is 11.5. The molecule has 0 saturated carbocycles. The fourth-order valence-corrected chi connectivity index (χ4v) is 1.62. The minimum atomic E-state index is -0.410. The molecule has 0 heterocycles. The zero-order valence-electron chi connectivity index (χ0n) is 10.8. The number of benzene rings is 1. The third-order valence-electron chi connectivity index (χ3n) is 2.26. The van der Waals surface area contributed by atoms with Gasteiger partial charge in [-0.15, -0.1) is 0 Å². The minimum absolute atomic E-state index is 0.162. The van der Waals surface area contributed by atoms with Crippen LogP contribution in [0.1, 0.15) is 38.3 Å². The second kappa shape index (κ2) is 5.54. The van der Waals surface area contributed by atoms with Crippen molar-refractivity contribution in [2.75, 3.05) is 0 Å². The van der Waals surface area contributed by atoms with E-state index in [9.17, 15) is 4.79 Å². The molecule has 1 aromatic rings. The number of ether oxygens (including phenoxy) is 1. The number of hydrogen-bond donors (Lipinski definition) is 0. The first-order valence-electron chi connectivity index (χ1n) is 5.75. The summed E-state index contributed by atoms with van der Waals surface area (Å²) in [6.45, 7) is 7.57. The van der Waals surface area contributed by atoms with Crippen molar-refractivity contribution in [2.24, 2.45) is 0 Å². The van der Waals surface area contributed by atoms with Gasteiger partial charge in [0.15, 0.2) is 0 Å². The summed E-state index contributed by atoms with van der Waals surface area (Å²) in [4.78, 5) is 11.5. The third-order valence-corrected chi connectivity index (χ3v) is 2.68. The van der Waals surface area contributed by atoms with Gasteiger partial charge in [-0.3, -0.25) is 4.79 Å². The van der Waals surface area contributed by atoms with Crippen molar-refractivity contribution in [1.82, 2.24) is 0 Å². The second-order valence-corrected chi connectivity index (χ2v) is 5.58. The first kappa shape index (κ1) is 14.0. The number of rotatable bonds is 3. The van der Waals surface area contributed by atoms with Gasteiger partial charge in [0.2, 0.25) is 0 Å². The first-order valence-corrected chi connectivity index (χ1v) is 6.12. The molecule has 0 fully saturated rings. The Morgan fingerprint density at radius 2 is 2.00 bits per heavy atom. The molecule has 17 heavy (non-hydrogen) atoms. The predicted molar refractivity (Wildman–Crippen MR) is 70.4 cm³/mol. The molecule has 0 aliphatic rings. The maximum Gasteiger partial charge on any atom is 0.306 e. The highest BCUT2D eigenvalue weighted by Crippen LogP contribution is 2.17. The van der Waals surface area contributed by atoms with Crippen LogP contribution in [0.5, 0.6) is 0 Å². The van der Waals surface area contributed by atoms with Crippen LogP contribution in [-0.4, -0.2) is 11.6 Å². The molecule has 0 spiro atoms. The van der Waals surface area contributed by atoms with Crippen LogP contribution in [-0.2, 0) is 16.0 Å². The van der Waals surface area contributed by atoms with E-state index in [-0.39, 0.29) is 5.97 Å². The van der Waals surface area contributed by atoms with Gasteiger partial charge in [0, 0.05) is 11.4 Å². The van der Waals surface area contributed by atoms with Crippen molar-refractivity contribution in [1.29, 1.82) is 0 Å². The van der Waals surface area contributed by atoms with Gasteiger partial charge < -0.3 is 4.74 Å². The average Bonchev–Trinajstić information content (AvgIpc) is 2.17. The molecule has 0 aromatic heterocycles. The van der Waals surface area contributed by atoms with Gasteiger partial charge in [0.25, 0.3) is 0 Å². The highest BCUT2D eigenvalue weighted by Gasteiger charge is 2.15. The van der Waals surface area contributed by atoms with E-state index in [1.165, 1.54) is 0 Å². The fraction of sp³-hybridized carbons (Fsp3) is 0.500. The topological polar surface area (TPSA) is 26.3 Å². The quantitative estimate of drug-likeness (QED) is 0.764. The van der Waals surface area contributed by atoms with Gasteiger partial charge in [-0.05, 0) is 51.3 Å². The van der Waals surface area contributed by atoms with Crippen molar-refractivity contribution in [3.8, 4) is 0 Å². The summed E-state index contributed by atoms with van der Waals surface area (Å²) in [5.41, 5.74) is 1.73. The molecule has 0 atom stereocenters. The van der Waals surface area contributed by atoms with Crippen LogP contribution in [0.15, 0.2) is 18.2 Å². The standard InChI is InChI=1S/C14H19ClO2/c1-10-9-11(5-7-12(10)15)6-8-13(16)17-14(2,3)4/h5,7,9H,6,8H2,1-4H3. The summed E-state index contributed by atoms with van der Waals surface area (Å²) in [6.07, 6.45) is 1.09. The number of carbonyl (C=O) groups is 1. The minimum Gasteiger partial charge on any atom is -0.460 e. The SMILES string of the molecule is Cc1cc(CCC(=O)OC(C)(C)C)ccc1Cl. The predicted octanol–water partition coefficient (Wildman–Crippen LogP) is 3.92. The lowest BCUT2D eigenvalue weighted by atomic mass is 10.1. The smallest absolute Gasteiger partial charge is 0.306 e. The van der Waals surface area contributed by atoms with E-state index < -0.39 is 5.60 Å². The Hall–Kier alpha value is -1.02. The lowest BCUT2D eigenvalue weighted by Crippen LogP contribution is -2.24. The number of esters is 1.